The molecule has 3 fully saturated rings. The van der Waals surface area contributed by atoms with Crippen LogP contribution in [0.2, 0.25) is 0 Å². The van der Waals surface area contributed by atoms with Crippen molar-refractivity contribution >= 4 is 5.91 Å². The van der Waals surface area contributed by atoms with E-state index in [1.165, 1.54) is 0 Å². The van der Waals surface area contributed by atoms with Gasteiger partial charge in [0, 0.05) is 19.6 Å². The van der Waals surface area contributed by atoms with Crippen LogP contribution in [-0.2, 0) is 4.79 Å². The van der Waals surface area contributed by atoms with Gasteiger partial charge in [0.2, 0.25) is 5.91 Å². The second-order valence-corrected chi connectivity index (χ2v) is 5.84. The molecule has 0 aliphatic carbocycles. The number of hydrogen-bond donors (Lipinski definition) is 2. The average Bonchev–Trinajstić information content (AvgIpc) is 2.44. The number of rotatable bonds is 7. The maximum atomic E-state index is 12.0. The van der Waals surface area contributed by atoms with Crippen LogP contribution in [-0.4, -0.2) is 67.1 Å². The fourth-order valence-electron chi connectivity index (χ4n) is 3.61. The first kappa shape index (κ1) is 14.8. The first-order chi connectivity index (χ1) is 9.12. The van der Waals surface area contributed by atoms with Gasteiger partial charge < -0.3 is 20.9 Å². The van der Waals surface area contributed by atoms with Crippen molar-refractivity contribution in [1.82, 2.24) is 15.1 Å². The topological polar surface area (TPSA) is 61.6 Å². The maximum Gasteiger partial charge on any atom is 0.239 e. The van der Waals surface area contributed by atoms with E-state index in [1.54, 1.807) is 0 Å². The van der Waals surface area contributed by atoms with Crippen molar-refractivity contribution in [2.75, 3.05) is 45.8 Å². The van der Waals surface area contributed by atoms with Gasteiger partial charge in [0.05, 0.1) is 0 Å². The van der Waals surface area contributed by atoms with Gasteiger partial charge in [0.1, 0.15) is 5.54 Å². The molecule has 19 heavy (non-hydrogen) atoms. The first-order valence-electron chi connectivity index (χ1n) is 7.62. The van der Waals surface area contributed by atoms with Crippen molar-refractivity contribution in [3.05, 3.63) is 0 Å². The molecule has 3 aliphatic rings. The lowest BCUT2D eigenvalue weighted by Gasteiger charge is -2.52. The number of fused-ring (bicyclic) bond motifs is 3. The second-order valence-electron chi connectivity index (χ2n) is 5.84. The molecule has 1 amide bonds. The predicted molar refractivity (Wildman–Crippen MR) is 76.9 cm³/mol. The van der Waals surface area contributed by atoms with Crippen molar-refractivity contribution in [3.63, 3.8) is 0 Å². The van der Waals surface area contributed by atoms with E-state index in [2.05, 4.69) is 29.0 Å². The van der Waals surface area contributed by atoms with E-state index in [4.69, 9.17) is 5.73 Å². The van der Waals surface area contributed by atoms with E-state index in [-0.39, 0.29) is 5.91 Å². The lowest BCUT2D eigenvalue weighted by Crippen LogP contribution is -2.71. The Hall–Kier alpha value is -0.650. The Morgan fingerprint density at radius 2 is 2.00 bits per heavy atom. The number of primary amides is 1. The van der Waals surface area contributed by atoms with E-state index in [0.29, 0.717) is 5.92 Å². The number of hydrogen-bond acceptors (Lipinski definition) is 4. The van der Waals surface area contributed by atoms with Crippen molar-refractivity contribution in [2.24, 2.45) is 11.7 Å². The van der Waals surface area contributed by atoms with E-state index in [1.807, 2.05) is 0 Å². The summed E-state index contributed by atoms with van der Waals surface area (Å²) in [5.41, 5.74) is 5.25. The van der Waals surface area contributed by atoms with Crippen molar-refractivity contribution in [3.8, 4) is 0 Å². The van der Waals surface area contributed by atoms with E-state index in [9.17, 15) is 4.79 Å². The van der Waals surface area contributed by atoms with Crippen molar-refractivity contribution < 1.29 is 4.79 Å². The zero-order chi connectivity index (χ0) is 13.9. The highest BCUT2D eigenvalue weighted by Crippen LogP contribution is 2.35. The van der Waals surface area contributed by atoms with Crippen LogP contribution >= 0.6 is 0 Å². The summed E-state index contributed by atoms with van der Waals surface area (Å²) in [5.74, 6) is 0.258. The van der Waals surface area contributed by atoms with E-state index >= 15 is 0 Å². The van der Waals surface area contributed by atoms with Gasteiger partial charge in [-0.3, -0.25) is 4.79 Å². The average molecular weight is 268 g/mol. The normalized spacial score (nSPS) is 33.8. The van der Waals surface area contributed by atoms with Crippen LogP contribution in [0.5, 0.6) is 0 Å². The molecule has 0 spiro atoms. The molecule has 0 aromatic carbocycles. The summed E-state index contributed by atoms with van der Waals surface area (Å²) in [6.45, 7) is 11.3. The number of nitrogens with one attached hydrogen (secondary N) is 1. The number of amides is 1. The minimum Gasteiger partial charge on any atom is -0.368 e. The first-order valence-corrected chi connectivity index (χ1v) is 7.62. The molecule has 1 unspecified atom stereocenters. The van der Waals surface area contributed by atoms with Crippen molar-refractivity contribution in [1.29, 1.82) is 0 Å². The molecule has 2 bridgehead atoms. The Morgan fingerprint density at radius 3 is 2.42 bits per heavy atom. The summed E-state index contributed by atoms with van der Waals surface area (Å²) < 4.78 is 0. The predicted octanol–water partition coefficient (Wildman–Crippen LogP) is -0.132. The Bertz CT molecular complexity index is 311. The highest BCUT2D eigenvalue weighted by Gasteiger charge is 2.50. The molecule has 0 radical (unpaired) electrons. The largest absolute Gasteiger partial charge is 0.368 e. The van der Waals surface area contributed by atoms with Crippen LogP contribution < -0.4 is 11.1 Å². The van der Waals surface area contributed by atoms with Crippen molar-refractivity contribution in [2.45, 2.75) is 32.2 Å². The molecule has 3 aliphatic heterocycles. The number of nitrogens with zero attached hydrogens (tertiary/aromatic N) is 2. The second kappa shape index (κ2) is 6.20. The maximum absolute atomic E-state index is 12.0. The number of likely N-dealkylation sites (N-methyl/N-ethyl adjacent to an activating group) is 1. The van der Waals surface area contributed by atoms with Crippen LogP contribution in [0.15, 0.2) is 0 Å². The zero-order valence-electron chi connectivity index (χ0n) is 12.3. The Balaban J connectivity index is 1.95. The molecule has 3 N–H and O–H groups in total. The lowest BCUT2D eigenvalue weighted by atomic mass is 9.72. The molecule has 3 heterocycles. The summed E-state index contributed by atoms with van der Waals surface area (Å²) in [7, 11) is 0. The Labute approximate surface area is 116 Å². The molecule has 3 rings (SSSR count). The van der Waals surface area contributed by atoms with Crippen LogP contribution in [0.1, 0.15) is 26.7 Å². The highest BCUT2D eigenvalue weighted by molar-refractivity contribution is 5.85. The van der Waals surface area contributed by atoms with Crippen LogP contribution in [0.3, 0.4) is 0 Å². The minimum atomic E-state index is -0.482. The fourth-order valence-corrected chi connectivity index (χ4v) is 3.61. The molecule has 5 nitrogen and oxygen atoms in total. The molecule has 0 saturated carbocycles. The third kappa shape index (κ3) is 2.93. The lowest BCUT2D eigenvalue weighted by molar-refractivity contribution is -0.133. The molecule has 3 saturated heterocycles. The number of carbonyl (C=O) groups is 1. The van der Waals surface area contributed by atoms with Gasteiger partial charge in [0.25, 0.3) is 0 Å². The molecule has 110 valence electrons. The summed E-state index contributed by atoms with van der Waals surface area (Å²) >= 11 is 0. The number of nitrogens with two attached hydrogens (primary N) is 1. The smallest absolute Gasteiger partial charge is 0.239 e. The molecular formula is C14H28N4O. The van der Waals surface area contributed by atoms with Crippen LogP contribution in [0.25, 0.3) is 0 Å². The Kier molecular flexibility index (Phi) is 4.81. The quantitative estimate of drug-likeness (QED) is 0.675. The summed E-state index contributed by atoms with van der Waals surface area (Å²) in [6.07, 6.45) is 2.20. The third-order valence-corrected chi connectivity index (χ3v) is 4.96. The van der Waals surface area contributed by atoms with Gasteiger partial charge in [0.15, 0.2) is 0 Å². The monoisotopic (exact) mass is 268 g/mol. The standard InChI is InChI=1S/C14H28N4O/c1-3-17(4-2)10-7-16-14(13(15)19)11-18-8-5-12(14)6-9-18/h12,16H,3-11H2,1-2H3,(H2,15,19). The Morgan fingerprint density at radius 1 is 1.37 bits per heavy atom. The molecule has 0 aromatic heterocycles. The summed E-state index contributed by atoms with van der Waals surface area (Å²) in [5, 5.41) is 3.51. The summed E-state index contributed by atoms with van der Waals surface area (Å²) in [6, 6.07) is 0. The highest BCUT2D eigenvalue weighted by atomic mass is 16.1. The van der Waals surface area contributed by atoms with Gasteiger partial charge >= 0.3 is 0 Å². The van der Waals surface area contributed by atoms with Gasteiger partial charge in [-0.05, 0) is 44.9 Å². The van der Waals surface area contributed by atoms with Gasteiger partial charge in [-0.25, -0.2) is 0 Å². The van der Waals surface area contributed by atoms with E-state index < -0.39 is 5.54 Å². The van der Waals surface area contributed by atoms with Gasteiger partial charge in [-0.1, -0.05) is 13.8 Å². The molecular weight excluding hydrogens is 240 g/mol. The number of carbonyl (C=O) groups excluding carboxylic acids is 1. The summed E-state index contributed by atoms with van der Waals surface area (Å²) in [4.78, 5) is 16.7. The minimum absolute atomic E-state index is 0.165. The third-order valence-electron chi connectivity index (χ3n) is 4.96. The molecule has 0 aromatic rings. The van der Waals surface area contributed by atoms with Gasteiger partial charge in [-0.2, -0.15) is 0 Å². The van der Waals surface area contributed by atoms with Gasteiger partial charge in [-0.15, -0.1) is 0 Å². The van der Waals surface area contributed by atoms with Crippen LogP contribution in [0, 0.1) is 5.92 Å². The fraction of sp³-hybridized carbons (Fsp3) is 0.929. The molecule has 5 heteroatoms. The van der Waals surface area contributed by atoms with E-state index in [0.717, 1.165) is 58.7 Å². The molecule has 1 atom stereocenters. The SMILES string of the molecule is CCN(CC)CCNC1(C(N)=O)CN2CCC1CC2. The van der Waals surface area contributed by atoms with Crippen LogP contribution in [0.4, 0.5) is 0 Å². The zero-order valence-corrected chi connectivity index (χ0v) is 12.3. The number of piperidine rings is 3.